The first-order valence-corrected chi connectivity index (χ1v) is 5.43. The average Bonchev–Trinajstić information content (AvgIpc) is 2.11. The van der Waals surface area contributed by atoms with Gasteiger partial charge in [0.15, 0.2) is 0 Å². The number of hydrogen-bond donors (Lipinski definition) is 3. The van der Waals surface area contributed by atoms with Crippen molar-refractivity contribution in [2.24, 2.45) is 0 Å². The molecule has 0 aromatic carbocycles. The normalized spacial score (nSPS) is 15.8. The van der Waals surface area contributed by atoms with Crippen molar-refractivity contribution in [1.29, 1.82) is 0 Å². The molecule has 1 fully saturated rings. The summed E-state index contributed by atoms with van der Waals surface area (Å²) in [6, 6.07) is 2.46. The van der Waals surface area contributed by atoms with Gasteiger partial charge in [0, 0.05) is 18.7 Å². The number of nitrogens with two attached hydrogens (primary N) is 1. The van der Waals surface area contributed by atoms with Crippen molar-refractivity contribution >= 4 is 17.6 Å². The van der Waals surface area contributed by atoms with Crippen molar-refractivity contribution < 1.29 is 0 Å². The van der Waals surface area contributed by atoms with E-state index in [0.717, 1.165) is 18.2 Å². The molecular formula is C10H17N5. The number of nitrogen functional groups attached to an aromatic ring is 1. The van der Waals surface area contributed by atoms with Gasteiger partial charge in [-0.05, 0) is 26.2 Å². The van der Waals surface area contributed by atoms with Crippen LogP contribution in [0.5, 0.6) is 0 Å². The summed E-state index contributed by atoms with van der Waals surface area (Å²) in [5.41, 5.74) is 5.62. The highest BCUT2D eigenvalue weighted by atomic mass is 15.1. The van der Waals surface area contributed by atoms with Crippen LogP contribution in [0.3, 0.4) is 0 Å². The zero-order chi connectivity index (χ0) is 10.7. The number of hydrogen-bond acceptors (Lipinski definition) is 5. The van der Waals surface area contributed by atoms with Crippen molar-refractivity contribution in [2.45, 2.75) is 32.2 Å². The predicted molar refractivity (Wildman–Crippen MR) is 61.9 cm³/mol. The van der Waals surface area contributed by atoms with Crippen LogP contribution in [-0.4, -0.2) is 22.6 Å². The highest BCUT2D eigenvalue weighted by molar-refractivity contribution is 5.51. The van der Waals surface area contributed by atoms with Gasteiger partial charge >= 0.3 is 0 Å². The van der Waals surface area contributed by atoms with Crippen molar-refractivity contribution in [3.05, 3.63) is 6.07 Å². The molecule has 5 heteroatoms. The van der Waals surface area contributed by atoms with Crippen LogP contribution >= 0.6 is 0 Å². The summed E-state index contributed by atoms with van der Waals surface area (Å²) in [5.74, 6) is 1.92. The molecular weight excluding hydrogens is 190 g/mol. The van der Waals surface area contributed by atoms with E-state index in [1.165, 1.54) is 19.3 Å². The van der Waals surface area contributed by atoms with E-state index in [9.17, 15) is 0 Å². The molecule has 2 rings (SSSR count). The fourth-order valence-corrected chi connectivity index (χ4v) is 1.57. The lowest BCUT2D eigenvalue weighted by Crippen LogP contribution is -2.27. The Kier molecular flexibility index (Phi) is 2.89. The second-order valence-corrected chi connectivity index (χ2v) is 3.80. The molecule has 5 nitrogen and oxygen atoms in total. The number of nitrogens with zero attached hydrogens (tertiary/aromatic N) is 2. The molecule has 4 N–H and O–H groups in total. The number of rotatable bonds is 4. The molecule has 1 heterocycles. The van der Waals surface area contributed by atoms with Crippen molar-refractivity contribution in [3.8, 4) is 0 Å². The Morgan fingerprint density at radius 1 is 1.40 bits per heavy atom. The molecule has 1 aliphatic carbocycles. The standard InChI is InChI=1S/C10H17N5/c1-2-12-8-6-9(15-10(11)14-8)13-7-4-3-5-7/h6-7H,2-5H2,1H3,(H4,11,12,13,14,15). The Morgan fingerprint density at radius 3 is 2.73 bits per heavy atom. The van der Waals surface area contributed by atoms with Crippen LogP contribution in [0.4, 0.5) is 17.6 Å². The molecule has 0 bridgehead atoms. The summed E-state index contributed by atoms with van der Waals surface area (Å²) in [6.45, 7) is 2.86. The molecule has 0 amide bonds. The van der Waals surface area contributed by atoms with E-state index < -0.39 is 0 Å². The Bertz CT molecular complexity index is 335. The van der Waals surface area contributed by atoms with Crippen LogP contribution in [0.1, 0.15) is 26.2 Å². The quantitative estimate of drug-likeness (QED) is 0.696. The third-order valence-electron chi connectivity index (χ3n) is 2.56. The van der Waals surface area contributed by atoms with E-state index in [1.807, 2.05) is 13.0 Å². The van der Waals surface area contributed by atoms with Crippen LogP contribution in [-0.2, 0) is 0 Å². The van der Waals surface area contributed by atoms with Gasteiger partial charge in [-0.1, -0.05) is 0 Å². The Morgan fingerprint density at radius 2 is 2.13 bits per heavy atom. The van der Waals surface area contributed by atoms with Gasteiger partial charge in [-0.15, -0.1) is 0 Å². The van der Waals surface area contributed by atoms with Gasteiger partial charge in [0.25, 0.3) is 0 Å². The third kappa shape index (κ3) is 2.49. The van der Waals surface area contributed by atoms with Crippen LogP contribution in [0.2, 0.25) is 0 Å². The maximum absolute atomic E-state index is 5.62. The predicted octanol–water partition coefficient (Wildman–Crippen LogP) is 1.45. The van der Waals surface area contributed by atoms with Gasteiger partial charge in [0.2, 0.25) is 5.95 Å². The summed E-state index contributed by atoms with van der Waals surface area (Å²) in [6.07, 6.45) is 3.75. The molecule has 1 aromatic rings. The molecule has 0 radical (unpaired) electrons. The van der Waals surface area contributed by atoms with Crippen LogP contribution in [0.15, 0.2) is 6.07 Å². The van der Waals surface area contributed by atoms with Crippen molar-refractivity contribution in [1.82, 2.24) is 9.97 Å². The fraction of sp³-hybridized carbons (Fsp3) is 0.600. The lowest BCUT2D eigenvalue weighted by molar-refractivity contribution is 0.444. The minimum Gasteiger partial charge on any atom is -0.370 e. The summed E-state index contributed by atoms with van der Waals surface area (Å²) in [4.78, 5) is 8.24. The first kappa shape index (κ1) is 10.0. The first-order chi connectivity index (χ1) is 7.28. The lowest BCUT2D eigenvalue weighted by atomic mass is 9.93. The highest BCUT2D eigenvalue weighted by Crippen LogP contribution is 2.23. The molecule has 0 aliphatic heterocycles. The van der Waals surface area contributed by atoms with E-state index in [-0.39, 0.29) is 0 Å². The number of nitrogens with one attached hydrogen (secondary N) is 2. The van der Waals surface area contributed by atoms with Gasteiger partial charge in [-0.3, -0.25) is 0 Å². The van der Waals surface area contributed by atoms with Gasteiger partial charge in [0.05, 0.1) is 0 Å². The van der Waals surface area contributed by atoms with E-state index in [2.05, 4.69) is 20.6 Å². The van der Waals surface area contributed by atoms with E-state index >= 15 is 0 Å². The highest BCUT2D eigenvalue weighted by Gasteiger charge is 2.17. The Hall–Kier alpha value is -1.52. The summed E-state index contributed by atoms with van der Waals surface area (Å²) >= 11 is 0. The van der Waals surface area contributed by atoms with Gasteiger partial charge in [-0.25, -0.2) is 0 Å². The minimum atomic E-state index is 0.315. The Balaban J connectivity index is 2.07. The van der Waals surface area contributed by atoms with Gasteiger partial charge < -0.3 is 16.4 Å². The van der Waals surface area contributed by atoms with E-state index in [0.29, 0.717) is 12.0 Å². The molecule has 1 aliphatic rings. The molecule has 0 unspecified atom stereocenters. The summed E-state index contributed by atoms with van der Waals surface area (Å²) in [5, 5.41) is 6.47. The molecule has 82 valence electrons. The number of aromatic nitrogens is 2. The largest absolute Gasteiger partial charge is 0.370 e. The maximum atomic E-state index is 5.62. The summed E-state index contributed by atoms with van der Waals surface area (Å²) < 4.78 is 0. The molecule has 0 atom stereocenters. The first-order valence-electron chi connectivity index (χ1n) is 5.43. The second-order valence-electron chi connectivity index (χ2n) is 3.80. The lowest BCUT2D eigenvalue weighted by Gasteiger charge is -2.27. The van der Waals surface area contributed by atoms with Crippen molar-refractivity contribution in [3.63, 3.8) is 0 Å². The van der Waals surface area contributed by atoms with E-state index in [4.69, 9.17) is 5.73 Å². The molecule has 0 spiro atoms. The van der Waals surface area contributed by atoms with E-state index in [1.54, 1.807) is 0 Å². The maximum Gasteiger partial charge on any atom is 0.223 e. The zero-order valence-corrected chi connectivity index (χ0v) is 8.95. The van der Waals surface area contributed by atoms with Crippen LogP contribution in [0, 0.1) is 0 Å². The zero-order valence-electron chi connectivity index (χ0n) is 8.95. The topological polar surface area (TPSA) is 75.9 Å². The smallest absolute Gasteiger partial charge is 0.223 e. The van der Waals surface area contributed by atoms with Crippen LogP contribution in [0.25, 0.3) is 0 Å². The van der Waals surface area contributed by atoms with Gasteiger partial charge in [0.1, 0.15) is 11.6 Å². The average molecular weight is 207 g/mol. The Labute approximate surface area is 89.5 Å². The molecule has 0 saturated heterocycles. The summed E-state index contributed by atoms with van der Waals surface area (Å²) in [7, 11) is 0. The molecule has 1 aromatic heterocycles. The molecule has 15 heavy (non-hydrogen) atoms. The molecule has 1 saturated carbocycles. The van der Waals surface area contributed by atoms with Crippen molar-refractivity contribution in [2.75, 3.05) is 22.9 Å². The number of anilines is 3. The second kappa shape index (κ2) is 4.33. The SMILES string of the molecule is CCNc1cc(NC2CCC2)nc(N)n1. The monoisotopic (exact) mass is 207 g/mol. The van der Waals surface area contributed by atoms with Crippen LogP contribution < -0.4 is 16.4 Å². The fourth-order valence-electron chi connectivity index (χ4n) is 1.57. The minimum absolute atomic E-state index is 0.315. The third-order valence-corrected chi connectivity index (χ3v) is 2.56. The van der Waals surface area contributed by atoms with Gasteiger partial charge in [-0.2, -0.15) is 9.97 Å².